The maximum atomic E-state index is 10.7. The van der Waals surface area contributed by atoms with Crippen LogP contribution in [0.2, 0.25) is 0 Å². The van der Waals surface area contributed by atoms with Crippen LogP contribution in [-0.2, 0) is 13.8 Å². The van der Waals surface area contributed by atoms with Crippen molar-refractivity contribution in [3.63, 3.8) is 0 Å². The molecular weight excluding hydrogens is 368 g/mol. The van der Waals surface area contributed by atoms with Crippen LogP contribution in [-0.4, -0.2) is 70.0 Å². The molecule has 3 rings (SSSR count). The number of rotatable bonds is 7. The molecule has 0 saturated carbocycles. The molecule has 1 aliphatic heterocycles. The van der Waals surface area contributed by atoms with E-state index >= 15 is 0 Å². The number of fused-ring (bicyclic) bond motifs is 1. The van der Waals surface area contributed by atoms with Crippen LogP contribution < -0.4 is 10.5 Å². The van der Waals surface area contributed by atoms with Gasteiger partial charge in [0.15, 0.2) is 17.4 Å². The molecule has 0 spiro atoms. The van der Waals surface area contributed by atoms with E-state index in [1.54, 1.807) is 4.57 Å². The highest BCUT2D eigenvalue weighted by Crippen LogP contribution is 2.37. The predicted molar refractivity (Wildman–Crippen MR) is 95.5 cm³/mol. The lowest BCUT2D eigenvalue weighted by molar-refractivity contribution is -0.0453. The van der Waals surface area contributed by atoms with Gasteiger partial charge < -0.3 is 29.4 Å². The summed E-state index contributed by atoms with van der Waals surface area (Å²) in [4.78, 5) is 12.5. The number of hydrogen-bond donors (Lipinski definition) is 2. The Labute approximate surface area is 148 Å². The van der Waals surface area contributed by atoms with Gasteiger partial charge in [-0.15, -0.1) is 0 Å². The van der Waals surface area contributed by atoms with Crippen molar-refractivity contribution < 1.29 is 23.6 Å². The molecule has 3 heterocycles. The van der Waals surface area contributed by atoms with Crippen molar-refractivity contribution in [3.05, 3.63) is 6.33 Å². The van der Waals surface area contributed by atoms with E-state index in [1.807, 2.05) is 13.3 Å². The summed E-state index contributed by atoms with van der Waals surface area (Å²) in [6.45, 7) is 4.16. The average molecular weight is 389 g/mol. The molecule has 0 aromatic carbocycles. The minimum absolute atomic E-state index is 0.0495. The standard InChI is InChI=1S/C13H21N5O5P2/c1-20-11-7-10(16-13(14)17-11)18(5-15-7)12-8(19)9(23-25-3)6(22-12)4-21-24-2/h5-6,8-9,12,19,24-25H,4H2,1-3H3,(H2,14,16,17)/t6-,8?,9?,12-/m1/s1. The van der Waals surface area contributed by atoms with E-state index < -0.39 is 24.5 Å². The van der Waals surface area contributed by atoms with Crippen molar-refractivity contribution in [1.82, 2.24) is 19.5 Å². The Kier molecular flexibility index (Phi) is 5.99. The molecule has 6 atom stereocenters. The van der Waals surface area contributed by atoms with Gasteiger partial charge >= 0.3 is 0 Å². The average Bonchev–Trinajstić information content (AvgIpc) is 3.14. The van der Waals surface area contributed by atoms with E-state index in [0.29, 0.717) is 26.6 Å². The molecular formula is C13H21N5O5P2. The lowest BCUT2D eigenvalue weighted by Crippen LogP contribution is -2.34. The molecule has 0 amide bonds. The molecule has 0 aliphatic carbocycles. The summed E-state index contributed by atoms with van der Waals surface area (Å²) in [6, 6.07) is 0. The summed E-state index contributed by atoms with van der Waals surface area (Å²) in [5.74, 6) is 0.317. The van der Waals surface area contributed by atoms with Crippen molar-refractivity contribution in [1.29, 1.82) is 0 Å². The SMILES string of the molecule is COc1nc(N)nc2c1ncn2[C@@H]1O[C@H](COPC)C(OPC)C1O. The van der Waals surface area contributed by atoms with Crippen LogP contribution >= 0.6 is 17.6 Å². The Morgan fingerprint density at radius 2 is 2.16 bits per heavy atom. The zero-order valence-electron chi connectivity index (χ0n) is 14.0. The fraction of sp³-hybridized carbons (Fsp3) is 0.615. The van der Waals surface area contributed by atoms with Crippen molar-refractivity contribution in [2.75, 3.05) is 32.8 Å². The Balaban J connectivity index is 1.95. The van der Waals surface area contributed by atoms with Crippen molar-refractivity contribution >= 4 is 34.7 Å². The molecule has 1 fully saturated rings. The van der Waals surface area contributed by atoms with Crippen LogP contribution in [0.4, 0.5) is 5.95 Å². The normalized spacial score (nSPS) is 27.4. The third kappa shape index (κ3) is 3.56. The van der Waals surface area contributed by atoms with E-state index in [0.717, 1.165) is 0 Å². The predicted octanol–water partition coefficient (Wildman–Crippen LogP) is 0.524. The first kappa shape index (κ1) is 18.6. The number of hydrogen-bond acceptors (Lipinski definition) is 9. The quantitative estimate of drug-likeness (QED) is 0.652. The van der Waals surface area contributed by atoms with E-state index in [-0.39, 0.29) is 20.6 Å². The second kappa shape index (κ2) is 8.03. The van der Waals surface area contributed by atoms with Crippen LogP contribution in [0.3, 0.4) is 0 Å². The van der Waals surface area contributed by atoms with Gasteiger partial charge in [0.2, 0.25) is 11.8 Å². The molecule has 2 aromatic rings. The van der Waals surface area contributed by atoms with E-state index in [2.05, 4.69) is 15.0 Å². The number of nitrogens with zero attached hydrogens (tertiary/aromatic N) is 4. The fourth-order valence-corrected chi connectivity index (χ4v) is 3.66. The lowest BCUT2D eigenvalue weighted by atomic mass is 10.1. The third-order valence-electron chi connectivity index (χ3n) is 3.83. The molecule has 0 radical (unpaired) electrons. The zero-order chi connectivity index (χ0) is 18.0. The third-order valence-corrected chi connectivity index (χ3v) is 4.79. The van der Waals surface area contributed by atoms with Crippen LogP contribution in [0.15, 0.2) is 6.33 Å². The second-order valence-corrected chi connectivity index (χ2v) is 6.61. The second-order valence-electron chi connectivity index (χ2n) is 5.27. The summed E-state index contributed by atoms with van der Waals surface area (Å²) < 4.78 is 24.0. The van der Waals surface area contributed by atoms with E-state index in [9.17, 15) is 5.11 Å². The number of ether oxygens (including phenoxy) is 2. The maximum absolute atomic E-state index is 10.7. The number of anilines is 1. The number of aliphatic hydroxyl groups is 1. The van der Waals surface area contributed by atoms with Crippen LogP contribution in [0, 0.1) is 0 Å². The highest BCUT2D eigenvalue weighted by molar-refractivity contribution is 7.31. The number of imidazole rings is 1. The minimum Gasteiger partial charge on any atom is -0.479 e. The van der Waals surface area contributed by atoms with Crippen LogP contribution in [0.25, 0.3) is 11.2 Å². The Hall–Kier alpha value is -1.15. The monoisotopic (exact) mass is 389 g/mol. The van der Waals surface area contributed by atoms with Gasteiger partial charge in [-0.2, -0.15) is 9.97 Å². The van der Waals surface area contributed by atoms with Gasteiger partial charge in [-0.25, -0.2) is 4.98 Å². The molecule has 2 aromatic heterocycles. The smallest absolute Gasteiger partial charge is 0.246 e. The van der Waals surface area contributed by atoms with Gasteiger partial charge in [0.05, 0.1) is 20.0 Å². The first-order valence-corrected chi connectivity index (χ1v) is 10.4. The number of nitrogens with two attached hydrogens (primary N) is 1. The lowest BCUT2D eigenvalue weighted by Gasteiger charge is -2.19. The highest BCUT2D eigenvalue weighted by Gasteiger charge is 2.46. The molecule has 3 N–H and O–H groups in total. The van der Waals surface area contributed by atoms with Crippen molar-refractivity contribution in [2.45, 2.75) is 24.5 Å². The van der Waals surface area contributed by atoms with Gasteiger partial charge in [0.1, 0.15) is 18.3 Å². The van der Waals surface area contributed by atoms with Crippen molar-refractivity contribution in [2.24, 2.45) is 0 Å². The first-order chi connectivity index (χ1) is 12.1. The Bertz CT molecular complexity index is 732. The molecule has 0 bridgehead atoms. The molecule has 1 aliphatic rings. The summed E-state index contributed by atoms with van der Waals surface area (Å²) in [7, 11) is 2.02. The molecule has 10 nitrogen and oxygen atoms in total. The van der Waals surface area contributed by atoms with Crippen LogP contribution in [0.1, 0.15) is 6.23 Å². The summed E-state index contributed by atoms with van der Waals surface area (Å²) in [5, 5.41) is 10.7. The molecule has 138 valence electrons. The van der Waals surface area contributed by atoms with Gasteiger partial charge in [-0.1, -0.05) is 0 Å². The number of methoxy groups -OCH3 is 1. The Morgan fingerprint density at radius 3 is 2.84 bits per heavy atom. The number of nitrogen functional groups attached to an aromatic ring is 1. The van der Waals surface area contributed by atoms with Gasteiger partial charge in [0, 0.05) is 17.6 Å². The van der Waals surface area contributed by atoms with Crippen molar-refractivity contribution in [3.8, 4) is 5.88 Å². The van der Waals surface area contributed by atoms with E-state index in [4.69, 9.17) is 24.3 Å². The molecule has 1 saturated heterocycles. The minimum atomic E-state index is -0.902. The summed E-state index contributed by atoms with van der Waals surface area (Å²) >= 11 is 0. The molecule has 4 unspecified atom stereocenters. The Morgan fingerprint density at radius 1 is 1.36 bits per heavy atom. The largest absolute Gasteiger partial charge is 0.479 e. The zero-order valence-corrected chi connectivity index (χ0v) is 16.0. The van der Waals surface area contributed by atoms with Gasteiger partial charge in [-0.05, 0) is 13.3 Å². The number of aliphatic hydroxyl groups excluding tert-OH is 1. The first-order valence-electron chi connectivity index (χ1n) is 7.59. The summed E-state index contributed by atoms with van der Waals surface area (Å²) in [6.07, 6.45) is -0.993. The highest BCUT2D eigenvalue weighted by atomic mass is 31.1. The number of aromatic nitrogens is 4. The topological polar surface area (TPSA) is 127 Å². The van der Waals surface area contributed by atoms with Crippen LogP contribution in [0.5, 0.6) is 5.88 Å². The van der Waals surface area contributed by atoms with Gasteiger partial charge in [-0.3, -0.25) is 4.57 Å². The molecule has 25 heavy (non-hydrogen) atoms. The van der Waals surface area contributed by atoms with E-state index in [1.165, 1.54) is 13.4 Å². The molecule has 12 heteroatoms. The fourth-order valence-electron chi connectivity index (χ4n) is 2.77. The summed E-state index contributed by atoms with van der Waals surface area (Å²) in [5.41, 5.74) is 6.60. The van der Waals surface area contributed by atoms with Gasteiger partial charge in [0.25, 0.3) is 0 Å². The maximum Gasteiger partial charge on any atom is 0.246 e.